The van der Waals surface area contributed by atoms with E-state index in [1.807, 2.05) is 19.1 Å². The number of hydrogen-bond donors (Lipinski definition) is 2. The van der Waals surface area contributed by atoms with Crippen LogP contribution >= 0.6 is 0 Å². The highest BCUT2D eigenvalue weighted by molar-refractivity contribution is 6.00. The van der Waals surface area contributed by atoms with Crippen LogP contribution in [0.5, 0.6) is 11.5 Å². The van der Waals surface area contributed by atoms with Crippen LogP contribution in [-0.4, -0.2) is 40.3 Å². The fourth-order valence-corrected chi connectivity index (χ4v) is 3.16. The van der Waals surface area contributed by atoms with Gasteiger partial charge in [-0.2, -0.15) is 4.98 Å². The van der Waals surface area contributed by atoms with E-state index in [2.05, 4.69) is 20.7 Å². The number of amides is 2. The van der Waals surface area contributed by atoms with Gasteiger partial charge in [-0.05, 0) is 55.5 Å². The molecule has 0 saturated carbocycles. The predicted molar refractivity (Wildman–Crippen MR) is 111 cm³/mol. The van der Waals surface area contributed by atoms with Gasteiger partial charge >= 0.3 is 0 Å². The molecule has 1 atom stereocenters. The van der Waals surface area contributed by atoms with Crippen LogP contribution in [0, 0.1) is 0 Å². The molecule has 2 N–H and O–H groups in total. The van der Waals surface area contributed by atoms with Gasteiger partial charge in [0.2, 0.25) is 17.8 Å². The van der Waals surface area contributed by atoms with Crippen LogP contribution in [0.15, 0.2) is 48.5 Å². The monoisotopic (exact) mass is 407 g/mol. The molecule has 2 amide bonds. The number of nitrogens with one attached hydrogen (secondary N) is 2. The molecule has 1 aliphatic rings. The van der Waals surface area contributed by atoms with Crippen LogP contribution in [0.1, 0.15) is 19.4 Å². The molecule has 9 nitrogen and oxygen atoms in total. The third-order valence-electron chi connectivity index (χ3n) is 4.64. The Morgan fingerprint density at radius 1 is 1.17 bits per heavy atom. The Labute approximate surface area is 173 Å². The van der Waals surface area contributed by atoms with E-state index >= 15 is 0 Å². The standard InChI is InChI=1S/C21H21N5O4/c1-3-30-16-10-6-14(7-11-16)22-20(28)17-12-18(27)23-21-24-19(25-26(17)21)13-4-8-15(29-2)9-5-13/h4-11,17H,3,12H2,1-2H3,(H,22,28)(H,23,24,25,27)/t17-/m1/s1. The molecule has 0 unspecified atom stereocenters. The minimum atomic E-state index is -0.806. The van der Waals surface area contributed by atoms with Crippen molar-refractivity contribution in [3.63, 3.8) is 0 Å². The summed E-state index contributed by atoms with van der Waals surface area (Å²) in [6, 6.07) is 13.5. The predicted octanol–water partition coefficient (Wildman–Crippen LogP) is 2.87. The summed E-state index contributed by atoms with van der Waals surface area (Å²) >= 11 is 0. The fraction of sp³-hybridized carbons (Fsp3) is 0.238. The Morgan fingerprint density at radius 3 is 2.53 bits per heavy atom. The summed E-state index contributed by atoms with van der Waals surface area (Å²) in [5.74, 6) is 1.45. The van der Waals surface area contributed by atoms with E-state index in [-0.39, 0.29) is 24.2 Å². The second kappa shape index (κ2) is 8.24. The molecule has 2 aromatic carbocycles. The topological polar surface area (TPSA) is 107 Å². The number of methoxy groups -OCH3 is 1. The van der Waals surface area contributed by atoms with E-state index in [0.29, 0.717) is 23.9 Å². The van der Waals surface area contributed by atoms with Crippen LogP contribution < -0.4 is 20.1 Å². The number of aromatic nitrogens is 3. The summed E-state index contributed by atoms with van der Waals surface area (Å²) in [6.45, 7) is 2.47. The Bertz CT molecular complexity index is 1060. The SMILES string of the molecule is CCOc1ccc(NC(=O)[C@H]2CC(=O)Nc3nc(-c4ccc(OC)cc4)nn32)cc1. The molecule has 1 aliphatic heterocycles. The lowest BCUT2D eigenvalue weighted by Gasteiger charge is -2.22. The van der Waals surface area contributed by atoms with Crippen molar-refractivity contribution in [3.05, 3.63) is 48.5 Å². The van der Waals surface area contributed by atoms with Crippen molar-refractivity contribution in [2.45, 2.75) is 19.4 Å². The Morgan fingerprint density at radius 2 is 1.87 bits per heavy atom. The van der Waals surface area contributed by atoms with E-state index in [1.54, 1.807) is 43.5 Å². The molecule has 0 spiro atoms. The number of benzene rings is 2. The van der Waals surface area contributed by atoms with Crippen LogP contribution in [0.3, 0.4) is 0 Å². The summed E-state index contributed by atoms with van der Waals surface area (Å²) in [5.41, 5.74) is 1.35. The summed E-state index contributed by atoms with van der Waals surface area (Å²) < 4.78 is 12.0. The molecule has 0 aliphatic carbocycles. The largest absolute Gasteiger partial charge is 0.497 e. The molecule has 3 aromatic rings. The highest BCUT2D eigenvalue weighted by Crippen LogP contribution is 2.28. The molecule has 0 radical (unpaired) electrons. The van der Waals surface area contributed by atoms with Crippen LogP contribution in [0.2, 0.25) is 0 Å². The molecular formula is C21H21N5O4. The maximum atomic E-state index is 12.9. The molecule has 0 bridgehead atoms. The molecular weight excluding hydrogens is 386 g/mol. The van der Waals surface area contributed by atoms with E-state index in [9.17, 15) is 9.59 Å². The number of ether oxygens (including phenoxy) is 2. The van der Waals surface area contributed by atoms with Gasteiger partial charge in [-0.3, -0.25) is 14.9 Å². The Balaban J connectivity index is 1.56. The van der Waals surface area contributed by atoms with Crippen LogP contribution in [-0.2, 0) is 9.59 Å². The van der Waals surface area contributed by atoms with Crippen molar-refractivity contribution < 1.29 is 19.1 Å². The van der Waals surface area contributed by atoms with Crippen LogP contribution in [0.4, 0.5) is 11.6 Å². The van der Waals surface area contributed by atoms with Gasteiger partial charge in [-0.1, -0.05) is 0 Å². The van der Waals surface area contributed by atoms with Crippen molar-refractivity contribution in [2.24, 2.45) is 0 Å². The second-order valence-electron chi connectivity index (χ2n) is 6.65. The van der Waals surface area contributed by atoms with Gasteiger partial charge in [0.1, 0.15) is 17.5 Å². The van der Waals surface area contributed by atoms with Gasteiger partial charge in [0, 0.05) is 11.3 Å². The van der Waals surface area contributed by atoms with Crippen molar-refractivity contribution in [3.8, 4) is 22.9 Å². The zero-order chi connectivity index (χ0) is 21.1. The average molecular weight is 407 g/mol. The minimum absolute atomic E-state index is 0.0265. The Kier molecular flexibility index (Phi) is 5.34. The van der Waals surface area contributed by atoms with Crippen molar-refractivity contribution in [1.82, 2.24) is 14.8 Å². The summed E-state index contributed by atoms with van der Waals surface area (Å²) in [5, 5.41) is 9.96. The average Bonchev–Trinajstić information content (AvgIpc) is 3.18. The van der Waals surface area contributed by atoms with Crippen molar-refractivity contribution in [2.75, 3.05) is 24.4 Å². The minimum Gasteiger partial charge on any atom is -0.497 e. The van der Waals surface area contributed by atoms with E-state index in [4.69, 9.17) is 9.47 Å². The number of carbonyl (C=O) groups excluding carboxylic acids is 2. The van der Waals surface area contributed by atoms with E-state index < -0.39 is 6.04 Å². The smallest absolute Gasteiger partial charge is 0.249 e. The first-order chi connectivity index (χ1) is 14.6. The molecule has 9 heteroatoms. The highest BCUT2D eigenvalue weighted by Gasteiger charge is 2.33. The van der Waals surface area contributed by atoms with E-state index in [0.717, 1.165) is 11.3 Å². The molecule has 154 valence electrons. The maximum absolute atomic E-state index is 12.9. The lowest BCUT2D eigenvalue weighted by Crippen LogP contribution is -2.36. The zero-order valence-corrected chi connectivity index (χ0v) is 16.6. The third kappa shape index (κ3) is 3.95. The van der Waals surface area contributed by atoms with Crippen molar-refractivity contribution >= 4 is 23.5 Å². The quantitative estimate of drug-likeness (QED) is 0.651. The second-order valence-corrected chi connectivity index (χ2v) is 6.65. The molecule has 0 saturated heterocycles. The van der Waals surface area contributed by atoms with Crippen LogP contribution in [0.25, 0.3) is 11.4 Å². The first-order valence-electron chi connectivity index (χ1n) is 9.52. The molecule has 4 rings (SSSR count). The molecule has 0 fully saturated rings. The van der Waals surface area contributed by atoms with Gasteiger partial charge in [0.15, 0.2) is 5.82 Å². The van der Waals surface area contributed by atoms with E-state index in [1.165, 1.54) is 4.68 Å². The Hall–Kier alpha value is -3.88. The summed E-state index contributed by atoms with van der Waals surface area (Å²) in [4.78, 5) is 29.4. The van der Waals surface area contributed by atoms with Gasteiger partial charge in [-0.25, -0.2) is 4.68 Å². The maximum Gasteiger partial charge on any atom is 0.249 e. The number of hydrogen-bond acceptors (Lipinski definition) is 6. The summed E-state index contributed by atoms with van der Waals surface area (Å²) in [7, 11) is 1.59. The number of nitrogens with zero attached hydrogens (tertiary/aromatic N) is 3. The zero-order valence-electron chi connectivity index (χ0n) is 16.6. The fourth-order valence-electron chi connectivity index (χ4n) is 3.16. The number of rotatable bonds is 6. The normalized spacial score (nSPS) is 15.1. The number of fused-ring (bicyclic) bond motifs is 1. The number of carbonyl (C=O) groups is 2. The van der Waals surface area contributed by atoms with Gasteiger partial charge in [0.05, 0.1) is 20.1 Å². The lowest BCUT2D eigenvalue weighted by molar-refractivity contribution is -0.125. The first kappa shape index (κ1) is 19.4. The first-order valence-corrected chi connectivity index (χ1v) is 9.52. The van der Waals surface area contributed by atoms with Gasteiger partial charge in [0.25, 0.3) is 0 Å². The summed E-state index contributed by atoms with van der Waals surface area (Å²) in [6.07, 6.45) is -0.0265. The highest BCUT2D eigenvalue weighted by atomic mass is 16.5. The van der Waals surface area contributed by atoms with Gasteiger partial charge in [-0.15, -0.1) is 5.10 Å². The lowest BCUT2D eigenvalue weighted by atomic mass is 10.1. The molecule has 30 heavy (non-hydrogen) atoms. The van der Waals surface area contributed by atoms with Crippen molar-refractivity contribution in [1.29, 1.82) is 0 Å². The molecule has 2 heterocycles. The molecule has 1 aromatic heterocycles. The van der Waals surface area contributed by atoms with Gasteiger partial charge < -0.3 is 14.8 Å². The number of anilines is 2. The third-order valence-corrected chi connectivity index (χ3v) is 4.64.